The second kappa shape index (κ2) is 7.92. The van der Waals surface area contributed by atoms with E-state index in [1.807, 2.05) is 25.1 Å². The number of ether oxygens (including phenoxy) is 1. The summed E-state index contributed by atoms with van der Waals surface area (Å²) in [7, 11) is 3.36. The Balaban J connectivity index is 2.08. The fourth-order valence-corrected chi connectivity index (χ4v) is 3.01. The number of para-hydroxylation sites is 1. The summed E-state index contributed by atoms with van der Waals surface area (Å²) in [5.41, 5.74) is 0.603. The third-order valence-electron chi connectivity index (χ3n) is 3.31. The van der Waals surface area contributed by atoms with Crippen LogP contribution in [-0.4, -0.2) is 41.9 Å². The molecular formula is C17H21N3O3S. The lowest BCUT2D eigenvalue weighted by Gasteiger charge is -2.16. The molecule has 2 rings (SSSR count). The van der Waals surface area contributed by atoms with Crippen molar-refractivity contribution in [2.24, 2.45) is 0 Å². The molecule has 0 fully saturated rings. The first kappa shape index (κ1) is 17.9. The third kappa shape index (κ3) is 4.32. The highest BCUT2D eigenvalue weighted by Crippen LogP contribution is 2.24. The number of carbonyl (C=O) groups is 2. The van der Waals surface area contributed by atoms with Crippen LogP contribution in [0.5, 0.6) is 5.75 Å². The minimum atomic E-state index is -0.621. The standard InChI is InChI=1S/C17H21N3O3S/c1-5-13(23-12-9-7-6-8-10-12)15(21)19-17-18-11(2)14(24-17)16(22)20(3)4/h6-10,13H,5H2,1-4H3,(H,18,19,21)/t13-/m1/s1. The summed E-state index contributed by atoms with van der Waals surface area (Å²) in [5, 5.41) is 3.14. The summed E-state index contributed by atoms with van der Waals surface area (Å²) >= 11 is 1.17. The average Bonchev–Trinajstić information content (AvgIpc) is 2.92. The highest BCUT2D eigenvalue weighted by Gasteiger charge is 2.22. The molecule has 0 saturated heterocycles. The quantitative estimate of drug-likeness (QED) is 0.872. The van der Waals surface area contributed by atoms with E-state index in [9.17, 15) is 9.59 Å². The van der Waals surface area contributed by atoms with Crippen LogP contribution in [0.25, 0.3) is 0 Å². The van der Waals surface area contributed by atoms with Gasteiger partial charge in [-0.3, -0.25) is 14.9 Å². The van der Waals surface area contributed by atoms with Gasteiger partial charge in [-0.25, -0.2) is 4.98 Å². The van der Waals surface area contributed by atoms with Crippen LogP contribution >= 0.6 is 11.3 Å². The molecule has 0 saturated carbocycles. The second-order valence-electron chi connectivity index (χ2n) is 5.45. The Morgan fingerprint density at radius 3 is 2.54 bits per heavy atom. The molecule has 7 heteroatoms. The summed E-state index contributed by atoms with van der Waals surface area (Å²) in [6.07, 6.45) is -0.0983. The third-order valence-corrected chi connectivity index (χ3v) is 4.37. The molecule has 1 N–H and O–H groups in total. The van der Waals surface area contributed by atoms with Crippen LogP contribution in [0.4, 0.5) is 5.13 Å². The maximum Gasteiger partial charge on any atom is 0.267 e. The molecule has 0 radical (unpaired) electrons. The zero-order valence-corrected chi connectivity index (χ0v) is 15.0. The molecule has 24 heavy (non-hydrogen) atoms. The molecular weight excluding hydrogens is 326 g/mol. The van der Waals surface area contributed by atoms with Gasteiger partial charge in [-0.05, 0) is 25.5 Å². The lowest BCUT2D eigenvalue weighted by atomic mass is 10.2. The van der Waals surface area contributed by atoms with Gasteiger partial charge in [-0.1, -0.05) is 36.5 Å². The van der Waals surface area contributed by atoms with Crippen molar-refractivity contribution in [1.29, 1.82) is 0 Å². The molecule has 0 aliphatic carbocycles. The second-order valence-corrected chi connectivity index (χ2v) is 6.45. The van der Waals surface area contributed by atoms with Crippen molar-refractivity contribution in [3.63, 3.8) is 0 Å². The first-order valence-electron chi connectivity index (χ1n) is 7.64. The first-order valence-corrected chi connectivity index (χ1v) is 8.45. The SMILES string of the molecule is CC[C@@H](Oc1ccccc1)C(=O)Nc1nc(C)c(C(=O)N(C)C)s1. The maximum atomic E-state index is 12.4. The van der Waals surface area contributed by atoms with Crippen molar-refractivity contribution in [3.8, 4) is 5.75 Å². The van der Waals surface area contributed by atoms with Gasteiger partial charge in [0.1, 0.15) is 10.6 Å². The molecule has 0 spiro atoms. The lowest BCUT2D eigenvalue weighted by Crippen LogP contribution is -2.32. The monoisotopic (exact) mass is 347 g/mol. The van der Waals surface area contributed by atoms with E-state index < -0.39 is 6.10 Å². The van der Waals surface area contributed by atoms with Gasteiger partial charge >= 0.3 is 0 Å². The van der Waals surface area contributed by atoms with Crippen molar-refractivity contribution in [2.45, 2.75) is 26.4 Å². The normalized spacial score (nSPS) is 11.7. The molecule has 0 unspecified atom stereocenters. The number of rotatable bonds is 6. The van der Waals surface area contributed by atoms with Gasteiger partial charge in [-0.2, -0.15) is 0 Å². The number of hydrogen-bond donors (Lipinski definition) is 1. The van der Waals surface area contributed by atoms with Gasteiger partial charge in [0, 0.05) is 14.1 Å². The lowest BCUT2D eigenvalue weighted by molar-refractivity contribution is -0.122. The fraction of sp³-hybridized carbons (Fsp3) is 0.353. The Hall–Kier alpha value is -2.41. The van der Waals surface area contributed by atoms with Crippen LogP contribution < -0.4 is 10.1 Å². The number of aryl methyl sites for hydroxylation is 1. The molecule has 0 bridgehead atoms. The van der Waals surface area contributed by atoms with E-state index >= 15 is 0 Å². The predicted molar refractivity (Wildman–Crippen MR) is 94.6 cm³/mol. The number of carbonyl (C=O) groups excluding carboxylic acids is 2. The van der Waals surface area contributed by atoms with Crippen LogP contribution in [0.1, 0.15) is 28.7 Å². The summed E-state index contributed by atoms with van der Waals surface area (Å²) in [5.74, 6) is 0.232. The number of benzene rings is 1. The van der Waals surface area contributed by atoms with Crippen molar-refractivity contribution < 1.29 is 14.3 Å². The predicted octanol–water partition coefficient (Wildman–Crippen LogP) is 2.95. The minimum absolute atomic E-state index is 0.127. The number of nitrogens with one attached hydrogen (secondary N) is 1. The molecule has 1 heterocycles. The highest BCUT2D eigenvalue weighted by molar-refractivity contribution is 7.17. The molecule has 0 aliphatic heterocycles. The van der Waals surface area contributed by atoms with Gasteiger partial charge < -0.3 is 9.64 Å². The Bertz CT molecular complexity index is 713. The van der Waals surface area contributed by atoms with Crippen LogP contribution in [0.3, 0.4) is 0 Å². The van der Waals surface area contributed by atoms with Gasteiger partial charge in [0.15, 0.2) is 11.2 Å². The number of amides is 2. The van der Waals surface area contributed by atoms with E-state index in [1.165, 1.54) is 16.2 Å². The molecule has 0 aliphatic rings. The van der Waals surface area contributed by atoms with Crippen molar-refractivity contribution >= 4 is 28.3 Å². The smallest absolute Gasteiger partial charge is 0.267 e. The largest absolute Gasteiger partial charge is 0.481 e. The number of anilines is 1. The average molecular weight is 347 g/mol. The van der Waals surface area contributed by atoms with E-state index in [2.05, 4.69) is 10.3 Å². The number of nitrogens with zero attached hydrogens (tertiary/aromatic N) is 2. The van der Waals surface area contributed by atoms with Crippen molar-refractivity contribution in [2.75, 3.05) is 19.4 Å². The molecule has 1 aromatic heterocycles. The van der Waals surface area contributed by atoms with Gasteiger partial charge in [0.25, 0.3) is 11.8 Å². The summed E-state index contributed by atoms with van der Waals surface area (Å²) in [6.45, 7) is 3.63. The Morgan fingerprint density at radius 1 is 1.29 bits per heavy atom. The molecule has 2 amide bonds. The minimum Gasteiger partial charge on any atom is -0.481 e. The summed E-state index contributed by atoms with van der Waals surface area (Å²) in [4.78, 5) is 30.7. The van der Waals surface area contributed by atoms with E-state index in [0.717, 1.165) is 0 Å². The van der Waals surface area contributed by atoms with Crippen LogP contribution in [-0.2, 0) is 4.79 Å². The summed E-state index contributed by atoms with van der Waals surface area (Å²) < 4.78 is 5.71. The van der Waals surface area contributed by atoms with E-state index in [4.69, 9.17) is 4.74 Å². The van der Waals surface area contributed by atoms with Crippen LogP contribution in [0.15, 0.2) is 30.3 Å². The van der Waals surface area contributed by atoms with Gasteiger partial charge in [-0.15, -0.1) is 0 Å². The molecule has 128 valence electrons. The van der Waals surface area contributed by atoms with Crippen molar-refractivity contribution in [3.05, 3.63) is 40.9 Å². The van der Waals surface area contributed by atoms with Gasteiger partial charge in [0.2, 0.25) is 0 Å². The van der Waals surface area contributed by atoms with E-state index in [-0.39, 0.29) is 11.8 Å². The van der Waals surface area contributed by atoms with Crippen LogP contribution in [0, 0.1) is 6.92 Å². The maximum absolute atomic E-state index is 12.4. The number of aromatic nitrogens is 1. The molecule has 1 atom stereocenters. The first-order chi connectivity index (χ1) is 11.4. The number of hydrogen-bond acceptors (Lipinski definition) is 5. The topological polar surface area (TPSA) is 71.5 Å². The van der Waals surface area contributed by atoms with Gasteiger partial charge in [0.05, 0.1) is 5.69 Å². The highest BCUT2D eigenvalue weighted by atomic mass is 32.1. The zero-order valence-electron chi connectivity index (χ0n) is 14.2. The Labute approximate surface area is 145 Å². The Morgan fingerprint density at radius 2 is 1.96 bits per heavy atom. The summed E-state index contributed by atoms with van der Waals surface area (Å²) in [6, 6.07) is 9.19. The van der Waals surface area contributed by atoms with E-state index in [1.54, 1.807) is 33.2 Å². The molecule has 1 aromatic carbocycles. The Kier molecular flexibility index (Phi) is 5.92. The van der Waals surface area contributed by atoms with Crippen molar-refractivity contribution in [1.82, 2.24) is 9.88 Å². The fourth-order valence-electron chi connectivity index (χ4n) is 2.02. The van der Waals surface area contributed by atoms with E-state index in [0.29, 0.717) is 27.9 Å². The molecule has 6 nitrogen and oxygen atoms in total. The molecule has 2 aromatic rings. The van der Waals surface area contributed by atoms with Crippen LogP contribution in [0.2, 0.25) is 0 Å². The zero-order chi connectivity index (χ0) is 17.7. The number of thiazole rings is 1.